The molecule has 200 valence electrons. The summed E-state index contributed by atoms with van der Waals surface area (Å²) in [5.74, 6) is 1.32. The van der Waals surface area contributed by atoms with Crippen molar-refractivity contribution in [3.05, 3.63) is 58.0 Å². The van der Waals surface area contributed by atoms with Gasteiger partial charge in [0.25, 0.3) is 5.91 Å². The maximum absolute atomic E-state index is 13.4. The van der Waals surface area contributed by atoms with E-state index in [9.17, 15) is 4.79 Å². The van der Waals surface area contributed by atoms with Crippen molar-refractivity contribution in [2.45, 2.75) is 77.6 Å². The van der Waals surface area contributed by atoms with E-state index in [4.69, 9.17) is 4.42 Å². The third kappa shape index (κ3) is 7.01. The van der Waals surface area contributed by atoms with Gasteiger partial charge in [0.05, 0.1) is 0 Å². The van der Waals surface area contributed by atoms with Crippen molar-refractivity contribution < 1.29 is 9.21 Å². The summed E-state index contributed by atoms with van der Waals surface area (Å²) >= 11 is 0. The van der Waals surface area contributed by atoms with Gasteiger partial charge in [0.15, 0.2) is 5.76 Å². The first kappa shape index (κ1) is 28.5. The zero-order chi connectivity index (χ0) is 26.7. The molecule has 1 aromatic heterocycles. The van der Waals surface area contributed by atoms with Crippen LogP contribution in [0.5, 0.6) is 0 Å². The highest BCUT2D eigenvalue weighted by atomic mass is 16.4. The summed E-state index contributed by atoms with van der Waals surface area (Å²) in [6.07, 6.45) is 5.04. The van der Waals surface area contributed by atoms with E-state index in [2.05, 4.69) is 84.7 Å². The number of benzene rings is 1. The van der Waals surface area contributed by atoms with E-state index in [1.807, 2.05) is 17.0 Å². The SMILES string of the molecule is Cc1cc2c(cc1Cc1ccc(C(=O)N(CCCN(C)C)CCCN(C)C)o1)C(C)(C)CCC2(C)C. The van der Waals surface area contributed by atoms with E-state index in [0.29, 0.717) is 12.2 Å². The van der Waals surface area contributed by atoms with Gasteiger partial charge < -0.3 is 19.1 Å². The van der Waals surface area contributed by atoms with Crippen LogP contribution in [0.1, 0.15) is 91.9 Å². The van der Waals surface area contributed by atoms with Gasteiger partial charge in [-0.3, -0.25) is 4.79 Å². The van der Waals surface area contributed by atoms with Crippen LogP contribution >= 0.6 is 0 Å². The van der Waals surface area contributed by atoms with Gasteiger partial charge in [-0.1, -0.05) is 39.8 Å². The van der Waals surface area contributed by atoms with E-state index in [-0.39, 0.29) is 16.7 Å². The van der Waals surface area contributed by atoms with Crippen molar-refractivity contribution in [1.29, 1.82) is 0 Å². The van der Waals surface area contributed by atoms with Crippen LogP contribution in [-0.2, 0) is 17.3 Å². The fraction of sp³-hybridized carbons (Fsp3) is 0.645. The van der Waals surface area contributed by atoms with E-state index < -0.39 is 0 Å². The maximum atomic E-state index is 13.4. The Labute approximate surface area is 219 Å². The minimum Gasteiger partial charge on any atom is -0.456 e. The van der Waals surface area contributed by atoms with Crippen LogP contribution in [0.2, 0.25) is 0 Å². The van der Waals surface area contributed by atoms with Crippen molar-refractivity contribution in [3.63, 3.8) is 0 Å². The Balaban J connectivity index is 1.77. The Kier molecular flexibility index (Phi) is 9.11. The van der Waals surface area contributed by atoms with Crippen LogP contribution in [0.3, 0.4) is 0 Å². The fourth-order valence-corrected chi connectivity index (χ4v) is 5.36. The van der Waals surface area contributed by atoms with Gasteiger partial charge in [0.2, 0.25) is 0 Å². The second kappa shape index (κ2) is 11.5. The molecule has 2 aromatic rings. The molecule has 0 N–H and O–H groups in total. The zero-order valence-electron chi connectivity index (χ0n) is 24.3. The Hall–Kier alpha value is -2.11. The first-order chi connectivity index (χ1) is 16.8. The summed E-state index contributed by atoms with van der Waals surface area (Å²) in [5, 5.41) is 0. The molecule has 0 saturated heterocycles. The quantitative estimate of drug-likeness (QED) is 0.391. The standard InChI is InChI=1S/C31H49N3O2/c1-23-20-26-27(31(4,5)15-14-30(26,2)3)22-24(23)21-25-12-13-28(36-25)29(35)34(18-10-16-32(6)7)19-11-17-33(8)9/h12-13,20,22H,10-11,14-19,21H2,1-9H3. The van der Waals surface area contributed by atoms with E-state index in [0.717, 1.165) is 44.8 Å². The Morgan fingerprint density at radius 1 is 0.833 bits per heavy atom. The molecule has 0 unspecified atom stereocenters. The molecule has 1 aliphatic rings. The Morgan fingerprint density at radius 3 is 1.89 bits per heavy atom. The van der Waals surface area contributed by atoms with Crippen molar-refractivity contribution >= 4 is 5.91 Å². The van der Waals surface area contributed by atoms with Crippen LogP contribution in [0, 0.1) is 6.92 Å². The third-order valence-electron chi connectivity index (χ3n) is 7.90. The molecule has 1 heterocycles. The lowest BCUT2D eigenvalue weighted by atomic mass is 9.62. The van der Waals surface area contributed by atoms with Gasteiger partial charge in [-0.2, -0.15) is 0 Å². The average Bonchev–Trinajstić information content (AvgIpc) is 3.24. The van der Waals surface area contributed by atoms with Crippen LogP contribution in [0.25, 0.3) is 0 Å². The highest BCUT2D eigenvalue weighted by molar-refractivity contribution is 5.91. The van der Waals surface area contributed by atoms with Crippen molar-refractivity contribution in [1.82, 2.24) is 14.7 Å². The van der Waals surface area contributed by atoms with E-state index in [1.165, 1.54) is 35.1 Å². The lowest BCUT2D eigenvalue weighted by Crippen LogP contribution is -2.35. The lowest BCUT2D eigenvalue weighted by molar-refractivity contribution is 0.0711. The molecular formula is C31H49N3O2. The minimum absolute atomic E-state index is 0.00353. The molecule has 0 fully saturated rings. The van der Waals surface area contributed by atoms with Gasteiger partial charge in [-0.05, 0) is 119 Å². The normalized spacial score (nSPS) is 16.4. The maximum Gasteiger partial charge on any atom is 0.289 e. The summed E-state index contributed by atoms with van der Waals surface area (Å²) in [4.78, 5) is 19.7. The monoisotopic (exact) mass is 495 g/mol. The molecule has 3 rings (SSSR count). The molecule has 0 saturated carbocycles. The first-order valence-corrected chi connectivity index (χ1v) is 13.6. The number of fused-ring (bicyclic) bond motifs is 1. The average molecular weight is 496 g/mol. The summed E-state index contributed by atoms with van der Waals surface area (Å²) in [6, 6.07) is 8.66. The smallest absolute Gasteiger partial charge is 0.289 e. The van der Waals surface area contributed by atoms with Crippen LogP contribution in [-0.4, -0.2) is 75.0 Å². The number of furan rings is 1. The number of nitrogens with zero attached hydrogens (tertiary/aromatic N) is 3. The molecule has 1 aromatic carbocycles. The number of amides is 1. The molecule has 0 bridgehead atoms. The van der Waals surface area contributed by atoms with Crippen molar-refractivity contribution in [2.75, 3.05) is 54.4 Å². The Morgan fingerprint density at radius 2 is 1.36 bits per heavy atom. The second-order valence-electron chi connectivity index (χ2n) is 12.6. The molecule has 0 atom stereocenters. The Bertz CT molecular complexity index is 1020. The predicted octanol–water partition coefficient (Wildman–Crippen LogP) is 5.87. The topological polar surface area (TPSA) is 39.9 Å². The number of hydrogen-bond acceptors (Lipinski definition) is 4. The third-order valence-corrected chi connectivity index (χ3v) is 7.90. The van der Waals surface area contributed by atoms with Gasteiger partial charge in [-0.25, -0.2) is 0 Å². The zero-order valence-corrected chi connectivity index (χ0v) is 24.3. The van der Waals surface area contributed by atoms with Crippen molar-refractivity contribution in [2.24, 2.45) is 0 Å². The summed E-state index contributed by atoms with van der Waals surface area (Å²) in [5.41, 5.74) is 5.94. The molecular weight excluding hydrogens is 446 g/mol. The molecule has 0 aliphatic heterocycles. The van der Waals surface area contributed by atoms with Gasteiger partial charge in [0, 0.05) is 19.5 Å². The molecule has 36 heavy (non-hydrogen) atoms. The van der Waals surface area contributed by atoms with Crippen LogP contribution in [0.4, 0.5) is 0 Å². The van der Waals surface area contributed by atoms with E-state index >= 15 is 0 Å². The number of aryl methyl sites for hydroxylation is 1. The largest absolute Gasteiger partial charge is 0.456 e. The highest BCUT2D eigenvalue weighted by Crippen LogP contribution is 2.46. The van der Waals surface area contributed by atoms with Gasteiger partial charge in [0.1, 0.15) is 5.76 Å². The summed E-state index contributed by atoms with van der Waals surface area (Å²) in [6.45, 7) is 15.1. The second-order valence-corrected chi connectivity index (χ2v) is 12.6. The predicted molar refractivity (Wildman–Crippen MR) is 150 cm³/mol. The summed E-state index contributed by atoms with van der Waals surface area (Å²) < 4.78 is 6.17. The van der Waals surface area contributed by atoms with E-state index in [1.54, 1.807) is 0 Å². The lowest BCUT2D eigenvalue weighted by Gasteiger charge is -2.42. The number of hydrogen-bond donors (Lipinski definition) is 0. The fourth-order valence-electron chi connectivity index (χ4n) is 5.36. The number of carbonyl (C=O) groups is 1. The van der Waals surface area contributed by atoms with Crippen molar-refractivity contribution in [3.8, 4) is 0 Å². The van der Waals surface area contributed by atoms with Crippen LogP contribution < -0.4 is 0 Å². The van der Waals surface area contributed by atoms with Crippen LogP contribution in [0.15, 0.2) is 28.7 Å². The molecule has 0 radical (unpaired) electrons. The van der Waals surface area contributed by atoms with Gasteiger partial charge in [-0.15, -0.1) is 0 Å². The molecule has 1 amide bonds. The summed E-state index contributed by atoms with van der Waals surface area (Å²) in [7, 11) is 8.28. The van der Waals surface area contributed by atoms with Gasteiger partial charge >= 0.3 is 0 Å². The number of rotatable bonds is 11. The molecule has 1 aliphatic carbocycles. The minimum atomic E-state index is 0.00353. The molecule has 0 spiro atoms. The molecule has 5 nitrogen and oxygen atoms in total. The molecule has 5 heteroatoms. The first-order valence-electron chi connectivity index (χ1n) is 13.6. The number of carbonyl (C=O) groups excluding carboxylic acids is 1. The highest BCUT2D eigenvalue weighted by Gasteiger charge is 2.37.